The van der Waals surface area contributed by atoms with Gasteiger partial charge < -0.3 is 0 Å². The van der Waals surface area contributed by atoms with Gasteiger partial charge in [-0.1, -0.05) is 60.7 Å². The van der Waals surface area contributed by atoms with Gasteiger partial charge in [0, 0.05) is 48.8 Å². The van der Waals surface area contributed by atoms with E-state index in [1.807, 2.05) is 48.5 Å². The Labute approximate surface area is 362 Å². The second kappa shape index (κ2) is 19.0. The molecule has 0 aliphatic rings. The Morgan fingerprint density at radius 1 is 0.362 bits per heavy atom. The summed E-state index contributed by atoms with van der Waals surface area (Å²) in [5, 5.41) is 22.5. The molecule has 0 aliphatic heterocycles. The van der Waals surface area contributed by atoms with E-state index >= 15 is 0 Å². The molecule has 2 nitrogen and oxygen atoms in total. The van der Waals surface area contributed by atoms with Gasteiger partial charge in [-0.3, -0.25) is 0 Å². The predicted octanol–water partition coefficient (Wildman–Crippen LogP) is 16.5. The number of hydrogen-bond donors (Lipinski definition) is 0. The fraction of sp³-hybridized carbons (Fsp3) is 0. The van der Waals surface area contributed by atoms with Crippen LogP contribution < -0.4 is 0 Å². The Morgan fingerprint density at radius 3 is 1.17 bits per heavy atom. The van der Waals surface area contributed by atoms with Gasteiger partial charge >= 0.3 is 0 Å². The maximum absolute atomic E-state index is 9.16. The van der Waals surface area contributed by atoms with Crippen molar-refractivity contribution in [2.24, 2.45) is 0 Å². The lowest BCUT2D eigenvalue weighted by Crippen LogP contribution is -1.75. The molecular weight excluding hydrogens is 821 g/mol. The van der Waals surface area contributed by atoms with Crippen molar-refractivity contribution in [1.82, 2.24) is 0 Å². The molecule has 8 aromatic rings. The molecule has 0 spiro atoms. The Bertz CT molecular complexity index is 2680. The van der Waals surface area contributed by atoms with E-state index in [1.54, 1.807) is 68.0 Å². The van der Waals surface area contributed by atoms with Crippen LogP contribution in [-0.2, 0) is 0 Å². The molecule has 0 aliphatic carbocycles. The van der Waals surface area contributed by atoms with Crippen LogP contribution in [0.3, 0.4) is 0 Å². The van der Waals surface area contributed by atoms with Gasteiger partial charge in [0.15, 0.2) is 0 Å². The van der Waals surface area contributed by atoms with Gasteiger partial charge in [-0.15, -0.1) is 68.0 Å². The third-order valence-electron chi connectivity index (χ3n) is 8.81. The quantitative estimate of drug-likeness (QED) is 0.116. The molecule has 278 valence electrons. The van der Waals surface area contributed by atoms with Crippen LogP contribution in [0.25, 0.3) is 82.7 Å². The predicted molar refractivity (Wildman–Crippen MR) is 261 cm³/mol. The summed E-state index contributed by atoms with van der Waals surface area (Å²) in [4.78, 5) is 12.2. The summed E-state index contributed by atoms with van der Waals surface area (Å²) < 4.78 is 0. The van der Waals surface area contributed by atoms with E-state index < -0.39 is 0 Å². The highest BCUT2D eigenvalue weighted by atomic mass is 32.1. The van der Waals surface area contributed by atoms with Gasteiger partial charge in [0.1, 0.15) is 0 Å². The third-order valence-corrected chi connectivity index (χ3v) is 14.9. The van der Waals surface area contributed by atoms with Gasteiger partial charge in [0.2, 0.25) is 0 Å². The molecule has 6 aromatic heterocycles. The Morgan fingerprint density at radius 2 is 0.776 bits per heavy atom. The zero-order valence-electron chi connectivity index (χ0n) is 30.8. The lowest BCUT2D eigenvalue weighted by molar-refractivity contribution is 1.48. The first-order chi connectivity index (χ1) is 28.6. The Kier molecular flexibility index (Phi) is 12.7. The van der Waals surface area contributed by atoms with Crippen molar-refractivity contribution >= 4 is 141 Å². The summed E-state index contributed by atoms with van der Waals surface area (Å²) in [6.07, 6.45) is 26.1. The number of hydrogen-bond acceptors (Lipinski definition) is 8. The molecule has 0 saturated carbocycles. The first kappa shape index (κ1) is 38.9. The van der Waals surface area contributed by atoms with E-state index in [0.29, 0.717) is 11.1 Å². The highest BCUT2D eigenvalue weighted by Gasteiger charge is 2.08. The minimum Gasteiger partial charge on any atom is -0.192 e. The second-order valence-electron chi connectivity index (χ2n) is 12.8. The second-order valence-corrected chi connectivity index (χ2v) is 19.3. The molecule has 0 N–H and O–H groups in total. The highest BCUT2D eigenvalue weighted by molar-refractivity contribution is 7.23. The highest BCUT2D eigenvalue weighted by Crippen LogP contribution is 2.36. The summed E-state index contributed by atoms with van der Waals surface area (Å²) in [6.45, 7) is 0. The average molecular weight is 853 g/mol. The molecule has 0 amide bonds. The lowest BCUT2D eigenvalue weighted by Gasteiger charge is -1.95. The van der Waals surface area contributed by atoms with Crippen molar-refractivity contribution in [1.29, 1.82) is 10.5 Å². The Hall–Kier alpha value is -5.94. The SMILES string of the molecule is N#Cc1ccc(/C=C/c2cc(/C=C/c3ccc(-c4ccc(/C=C/c5cc(/C=C/c6ccc(C#N)cc6)c(/C=C/c6cccs6)s5)s4)s3)sc2/C=C/c2cccs2)cc1. The molecule has 2 aromatic carbocycles. The monoisotopic (exact) mass is 852 g/mol. The largest absolute Gasteiger partial charge is 0.192 e. The van der Waals surface area contributed by atoms with Gasteiger partial charge in [0.25, 0.3) is 0 Å². The average Bonchev–Trinajstić information content (AvgIpc) is 4.12. The molecule has 0 radical (unpaired) electrons. The summed E-state index contributed by atoms with van der Waals surface area (Å²) in [5.74, 6) is 0. The molecule has 6 heterocycles. The molecule has 58 heavy (non-hydrogen) atoms. The van der Waals surface area contributed by atoms with Gasteiger partial charge in [-0.05, 0) is 154 Å². The van der Waals surface area contributed by atoms with Crippen LogP contribution in [0.1, 0.15) is 72.4 Å². The van der Waals surface area contributed by atoms with Crippen molar-refractivity contribution in [2.45, 2.75) is 0 Å². The van der Waals surface area contributed by atoms with Crippen LogP contribution >= 0.6 is 68.0 Å². The smallest absolute Gasteiger partial charge is 0.0991 e. The molecule has 0 atom stereocenters. The Balaban J connectivity index is 0.965. The minimum absolute atomic E-state index is 0.663. The van der Waals surface area contributed by atoms with E-state index in [0.717, 1.165) is 22.3 Å². The minimum atomic E-state index is 0.663. The van der Waals surface area contributed by atoms with E-state index in [2.05, 4.69) is 156 Å². The summed E-state index contributed by atoms with van der Waals surface area (Å²) in [6, 6.07) is 41.4. The first-order valence-electron chi connectivity index (χ1n) is 18.2. The fourth-order valence-electron chi connectivity index (χ4n) is 5.84. The maximum Gasteiger partial charge on any atom is 0.0991 e. The molecule has 0 saturated heterocycles. The van der Waals surface area contributed by atoms with Crippen molar-refractivity contribution < 1.29 is 0 Å². The van der Waals surface area contributed by atoms with Gasteiger partial charge in [0.05, 0.1) is 23.3 Å². The zero-order chi connectivity index (χ0) is 39.5. The lowest BCUT2D eigenvalue weighted by atomic mass is 10.1. The van der Waals surface area contributed by atoms with E-state index in [9.17, 15) is 0 Å². The van der Waals surface area contributed by atoms with Gasteiger partial charge in [-0.2, -0.15) is 10.5 Å². The van der Waals surface area contributed by atoms with Crippen molar-refractivity contribution in [3.63, 3.8) is 0 Å². The van der Waals surface area contributed by atoms with Crippen molar-refractivity contribution in [3.8, 4) is 21.9 Å². The summed E-state index contributed by atoms with van der Waals surface area (Å²) in [5.41, 5.74) is 5.78. The summed E-state index contributed by atoms with van der Waals surface area (Å²) >= 11 is 10.6. The van der Waals surface area contributed by atoms with Crippen LogP contribution in [-0.4, -0.2) is 0 Å². The molecule has 0 unspecified atom stereocenters. The molecule has 0 bridgehead atoms. The van der Waals surface area contributed by atoms with Crippen LogP contribution in [0.2, 0.25) is 0 Å². The topological polar surface area (TPSA) is 47.6 Å². The van der Waals surface area contributed by atoms with Gasteiger partial charge in [-0.25, -0.2) is 0 Å². The van der Waals surface area contributed by atoms with Crippen LogP contribution in [0.5, 0.6) is 0 Å². The maximum atomic E-state index is 9.16. The van der Waals surface area contributed by atoms with E-state index in [4.69, 9.17) is 10.5 Å². The number of nitriles is 2. The number of thiophene rings is 6. The van der Waals surface area contributed by atoms with E-state index in [1.165, 1.54) is 48.8 Å². The van der Waals surface area contributed by atoms with E-state index in [-0.39, 0.29) is 0 Å². The van der Waals surface area contributed by atoms with Crippen LogP contribution in [0.15, 0.2) is 120 Å². The summed E-state index contributed by atoms with van der Waals surface area (Å²) in [7, 11) is 0. The van der Waals surface area contributed by atoms with Crippen LogP contribution in [0.4, 0.5) is 0 Å². The molecular formula is C50H32N2S6. The normalized spacial score (nSPS) is 12.0. The standard InChI is InChI=1S/C50H32N2S6/c51-33-37-9-5-35(6-10-37)13-15-39-31-45(57-47(39)25-21-41-3-1-29-53-41)19-17-43-23-27-49(55-43)50-28-24-44(56-50)18-20-46-32-40(16-14-36-7-11-38(34-52)12-8-36)48(58-46)26-22-42-4-2-30-54-42/h1-32H/b15-13+,16-14+,19-17+,20-18+,25-21+,26-22+. The third kappa shape index (κ3) is 10.3. The fourth-order valence-corrected chi connectivity index (χ4v) is 10.9. The first-order valence-corrected chi connectivity index (χ1v) is 23.2. The van der Waals surface area contributed by atoms with Crippen LogP contribution in [0, 0.1) is 22.7 Å². The number of nitrogens with zero attached hydrogens (tertiary/aromatic N) is 2. The van der Waals surface area contributed by atoms with Crippen molar-refractivity contribution in [2.75, 3.05) is 0 Å². The number of benzene rings is 2. The molecule has 0 fully saturated rings. The number of rotatable bonds is 13. The molecule has 8 heteroatoms. The molecule has 8 rings (SSSR count). The van der Waals surface area contributed by atoms with Crippen molar-refractivity contribution in [3.05, 3.63) is 192 Å². The zero-order valence-corrected chi connectivity index (χ0v) is 35.7.